The monoisotopic (exact) mass is 274 g/mol. The first-order chi connectivity index (χ1) is 9.56. The summed E-state index contributed by atoms with van der Waals surface area (Å²) in [7, 11) is 1.57. The Bertz CT molecular complexity index is 632. The number of benzene rings is 1. The minimum absolute atomic E-state index is 0.197. The molecule has 1 N–H and O–H groups in total. The van der Waals surface area contributed by atoms with Crippen molar-refractivity contribution in [3.05, 3.63) is 35.5 Å². The maximum Gasteiger partial charge on any atom is 0.339 e. The second-order valence-corrected chi connectivity index (χ2v) is 4.66. The standard InChI is InChI=1S/C15H18N2O3/c1-4-7-17-9-12(15(18)19)14(16-17)11-8-10(2)5-6-13(11)20-3/h5-6,8-9H,4,7H2,1-3H3,(H,18,19). The molecule has 106 valence electrons. The highest BCUT2D eigenvalue weighted by atomic mass is 16.5. The number of aryl methyl sites for hydroxylation is 2. The van der Waals surface area contributed by atoms with Crippen molar-refractivity contribution in [3.8, 4) is 17.0 Å². The third kappa shape index (κ3) is 2.66. The molecule has 5 heteroatoms. The van der Waals surface area contributed by atoms with Crippen LogP contribution in [0.15, 0.2) is 24.4 Å². The zero-order valence-electron chi connectivity index (χ0n) is 11.9. The van der Waals surface area contributed by atoms with Crippen molar-refractivity contribution in [3.63, 3.8) is 0 Å². The highest BCUT2D eigenvalue weighted by Gasteiger charge is 2.20. The Labute approximate surface area is 117 Å². The molecule has 0 atom stereocenters. The van der Waals surface area contributed by atoms with Crippen LogP contribution < -0.4 is 4.74 Å². The Balaban J connectivity index is 2.61. The van der Waals surface area contributed by atoms with Crippen LogP contribution in [-0.2, 0) is 6.54 Å². The fourth-order valence-corrected chi connectivity index (χ4v) is 2.13. The molecule has 0 amide bonds. The van der Waals surface area contributed by atoms with Gasteiger partial charge in [-0.3, -0.25) is 4.68 Å². The van der Waals surface area contributed by atoms with Gasteiger partial charge in [-0.25, -0.2) is 4.79 Å². The Hall–Kier alpha value is -2.30. The van der Waals surface area contributed by atoms with E-state index in [0.29, 0.717) is 23.6 Å². The van der Waals surface area contributed by atoms with Crippen molar-refractivity contribution in [2.24, 2.45) is 0 Å². The van der Waals surface area contributed by atoms with Crippen molar-refractivity contribution in [2.45, 2.75) is 26.8 Å². The van der Waals surface area contributed by atoms with Crippen molar-refractivity contribution < 1.29 is 14.6 Å². The predicted octanol–water partition coefficient (Wildman–Crippen LogP) is 2.98. The van der Waals surface area contributed by atoms with Crippen LogP contribution in [0.4, 0.5) is 0 Å². The first-order valence-electron chi connectivity index (χ1n) is 6.52. The van der Waals surface area contributed by atoms with Gasteiger partial charge in [0.1, 0.15) is 17.0 Å². The predicted molar refractivity (Wildman–Crippen MR) is 76.2 cm³/mol. The lowest BCUT2D eigenvalue weighted by molar-refractivity contribution is 0.0697. The molecule has 0 saturated carbocycles. The minimum Gasteiger partial charge on any atom is -0.496 e. The Morgan fingerprint density at radius 2 is 2.20 bits per heavy atom. The van der Waals surface area contributed by atoms with E-state index in [4.69, 9.17) is 4.74 Å². The molecule has 2 aromatic rings. The van der Waals surface area contributed by atoms with E-state index in [2.05, 4.69) is 5.10 Å². The maximum atomic E-state index is 11.4. The molecule has 0 aliphatic rings. The summed E-state index contributed by atoms with van der Waals surface area (Å²) in [5.41, 5.74) is 2.38. The van der Waals surface area contributed by atoms with Crippen LogP contribution in [0.25, 0.3) is 11.3 Å². The lowest BCUT2D eigenvalue weighted by Crippen LogP contribution is -1.98. The zero-order valence-corrected chi connectivity index (χ0v) is 11.9. The number of aromatic nitrogens is 2. The van der Waals surface area contributed by atoms with Crippen LogP contribution in [0.1, 0.15) is 29.3 Å². The van der Waals surface area contributed by atoms with Crippen molar-refractivity contribution >= 4 is 5.97 Å². The topological polar surface area (TPSA) is 64.4 Å². The van der Waals surface area contributed by atoms with Crippen LogP contribution in [0, 0.1) is 6.92 Å². The van der Waals surface area contributed by atoms with Crippen LogP contribution in [0.5, 0.6) is 5.75 Å². The summed E-state index contributed by atoms with van der Waals surface area (Å²) in [5, 5.41) is 13.7. The van der Waals surface area contributed by atoms with E-state index >= 15 is 0 Å². The van der Waals surface area contributed by atoms with Gasteiger partial charge in [-0.15, -0.1) is 0 Å². The second-order valence-electron chi connectivity index (χ2n) is 4.66. The Morgan fingerprint density at radius 3 is 2.80 bits per heavy atom. The van der Waals surface area contributed by atoms with Gasteiger partial charge in [0, 0.05) is 18.3 Å². The Kier molecular flexibility index (Phi) is 4.08. The number of methoxy groups -OCH3 is 1. The number of carboxylic acids is 1. The highest BCUT2D eigenvalue weighted by Crippen LogP contribution is 2.32. The van der Waals surface area contributed by atoms with Gasteiger partial charge in [0.2, 0.25) is 0 Å². The molecular weight excluding hydrogens is 256 g/mol. The van der Waals surface area contributed by atoms with E-state index in [1.54, 1.807) is 18.0 Å². The SMILES string of the molecule is CCCn1cc(C(=O)O)c(-c2cc(C)ccc2OC)n1. The normalized spacial score (nSPS) is 10.6. The maximum absolute atomic E-state index is 11.4. The number of carboxylic acid groups (broad SMARTS) is 1. The zero-order chi connectivity index (χ0) is 14.7. The number of hydrogen-bond acceptors (Lipinski definition) is 3. The second kappa shape index (κ2) is 5.77. The molecule has 0 saturated heterocycles. The van der Waals surface area contributed by atoms with Gasteiger partial charge in [-0.05, 0) is 25.5 Å². The van der Waals surface area contributed by atoms with Crippen LogP contribution in [0.2, 0.25) is 0 Å². The smallest absolute Gasteiger partial charge is 0.339 e. The van der Waals surface area contributed by atoms with E-state index in [-0.39, 0.29) is 5.56 Å². The third-order valence-electron chi connectivity index (χ3n) is 3.05. The van der Waals surface area contributed by atoms with E-state index in [1.165, 1.54) is 0 Å². The van der Waals surface area contributed by atoms with Gasteiger partial charge < -0.3 is 9.84 Å². The fraction of sp³-hybridized carbons (Fsp3) is 0.333. The molecule has 2 rings (SSSR count). The van der Waals surface area contributed by atoms with E-state index in [1.807, 2.05) is 32.0 Å². The van der Waals surface area contributed by atoms with Crippen LogP contribution in [-0.4, -0.2) is 28.0 Å². The lowest BCUT2D eigenvalue weighted by atomic mass is 10.0. The molecule has 20 heavy (non-hydrogen) atoms. The molecule has 0 bridgehead atoms. The summed E-state index contributed by atoms with van der Waals surface area (Å²) >= 11 is 0. The number of nitrogens with zero attached hydrogens (tertiary/aromatic N) is 2. The van der Waals surface area contributed by atoms with Crippen molar-refractivity contribution in [1.82, 2.24) is 9.78 Å². The average Bonchev–Trinajstić information content (AvgIpc) is 2.83. The summed E-state index contributed by atoms with van der Waals surface area (Å²) in [4.78, 5) is 11.4. The van der Waals surface area contributed by atoms with Gasteiger partial charge in [0.25, 0.3) is 0 Å². The largest absolute Gasteiger partial charge is 0.496 e. The Morgan fingerprint density at radius 1 is 1.45 bits per heavy atom. The third-order valence-corrected chi connectivity index (χ3v) is 3.05. The van der Waals surface area contributed by atoms with E-state index in [0.717, 1.165) is 12.0 Å². The first-order valence-corrected chi connectivity index (χ1v) is 6.52. The summed E-state index contributed by atoms with van der Waals surface area (Å²) in [6, 6.07) is 5.64. The molecule has 0 fully saturated rings. The number of aromatic carboxylic acids is 1. The molecule has 0 unspecified atom stereocenters. The molecule has 0 radical (unpaired) electrons. The quantitative estimate of drug-likeness (QED) is 0.910. The number of carbonyl (C=O) groups is 1. The summed E-state index contributed by atoms with van der Waals surface area (Å²) < 4.78 is 6.98. The minimum atomic E-state index is -0.981. The van der Waals surface area contributed by atoms with Gasteiger partial charge in [0.05, 0.1) is 7.11 Å². The number of rotatable bonds is 5. The van der Waals surface area contributed by atoms with Crippen molar-refractivity contribution in [1.29, 1.82) is 0 Å². The van der Waals surface area contributed by atoms with Crippen LogP contribution in [0.3, 0.4) is 0 Å². The highest BCUT2D eigenvalue weighted by molar-refractivity contribution is 5.95. The summed E-state index contributed by atoms with van der Waals surface area (Å²) in [6.45, 7) is 4.66. The van der Waals surface area contributed by atoms with Gasteiger partial charge in [0.15, 0.2) is 0 Å². The van der Waals surface area contributed by atoms with Gasteiger partial charge >= 0.3 is 5.97 Å². The molecule has 5 nitrogen and oxygen atoms in total. The van der Waals surface area contributed by atoms with Crippen LogP contribution >= 0.6 is 0 Å². The molecule has 1 heterocycles. The lowest BCUT2D eigenvalue weighted by Gasteiger charge is -2.08. The fourth-order valence-electron chi connectivity index (χ4n) is 2.13. The summed E-state index contributed by atoms with van der Waals surface area (Å²) in [5.74, 6) is -0.356. The summed E-state index contributed by atoms with van der Waals surface area (Å²) in [6.07, 6.45) is 2.47. The molecular formula is C15H18N2O3. The van der Waals surface area contributed by atoms with Gasteiger partial charge in [-0.2, -0.15) is 5.10 Å². The van der Waals surface area contributed by atoms with Crippen molar-refractivity contribution in [2.75, 3.05) is 7.11 Å². The average molecular weight is 274 g/mol. The van der Waals surface area contributed by atoms with E-state index in [9.17, 15) is 9.90 Å². The molecule has 0 aliphatic heterocycles. The molecule has 0 spiro atoms. The number of hydrogen-bond donors (Lipinski definition) is 1. The van der Waals surface area contributed by atoms with Gasteiger partial charge in [-0.1, -0.05) is 18.6 Å². The van der Waals surface area contributed by atoms with E-state index < -0.39 is 5.97 Å². The number of ether oxygens (including phenoxy) is 1. The first kappa shape index (κ1) is 14.1. The molecule has 0 aliphatic carbocycles. The molecule has 1 aromatic heterocycles. The molecule has 1 aromatic carbocycles.